The Hall–Kier alpha value is -2.95. The predicted octanol–water partition coefficient (Wildman–Crippen LogP) is 3.46. The second kappa shape index (κ2) is 6.66. The summed E-state index contributed by atoms with van der Waals surface area (Å²) in [5.41, 5.74) is 2.68. The van der Waals surface area contributed by atoms with E-state index in [1.54, 1.807) is 44.4 Å². The number of rotatable bonds is 5. The number of ether oxygens (including phenoxy) is 2. The lowest BCUT2D eigenvalue weighted by atomic mass is 10.1. The highest BCUT2D eigenvalue weighted by Gasteiger charge is 2.16. The van der Waals surface area contributed by atoms with Gasteiger partial charge in [0.15, 0.2) is 0 Å². The second-order valence-electron chi connectivity index (χ2n) is 5.62. The quantitative estimate of drug-likeness (QED) is 0.782. The minimum atomic E-state index is -0.0857. The van der Waals surface area contributed by atoms with Crippen LogP contribution in [-0.2, 0) is 6.54 Å². The van der Waals surface area contributed by atoms with Gasteiger partial charge in [-0.05, 0) is 23.8 Å². The minimum absolute atomic E-state index is 0.0857. The number of carbonyl (C=O) groups excluding carboxylic acids is 1. The number of hydrogen-bond donors (Lipinski definition) is 1. The van der Waals surface area contributed by atoms with E-state index >= 15 is 0 Å². The lowest BCUT2D eigenvalue weighted by molar-refractivity contribution is 0.0785. The molecule has 0 bridgehead atoms. The van der Waals surface area contributed by atoms with E-state index in [-0.39, 0.29) is 5.91 Å². The van der Waals surface area contributed by atoms with Gasteiger partial charge in [-0.15, -0.1) is 0 Å². The van der Waals surface area contributed by atoms with Crippen molar-refractivity contribution in [1.82, 2.24) is 9.88 Å². The number of amides is 1. The molecule has 124 valence electrons. The Bertz CT molecular complexity index is 848. The van der Waals surface area contributed by atoms with E-state index < -0.39 is 0 Å². The van der Waals surface area contributed by atoms with Gasteiger partial charge in [0, 0.05) is 42.3 Å². The summed E-state index contributed by atoms with van der Waals surface area (Å²) in [5.74, 6) is 1.11. The summed E-state index contributed by atoms with van der Waals surface area (Å²) in [4.78, 5) is 17.7. The molecular formula is C19H20N2O3. The maximum absolute atomic E-state index is 12.7. The van der Waals surface area contributed by atoms with E-state index in [4.69, 9.17) is 9.47 Å². The molecule has 0 saturated heterocycles. The van der Waals surface area contributed by atoms with E-state index in [2.05, 4.69) is 4.98 Å². The maximum Gasteiger partial charge on any atom is 0.254 e. The third-order valence-electron chi connectivity index (χ3n) is 4.03. The molecule has 0 radical (unpaired) electrons. The number of benzene rings is 2. The van der Waals surface area contributed by atoms with Gasteiger partial charge < -0.3 is 19.4 Å². The standard InChI is InChI=1S/C19H20N2O3/c1-21(12-14-11-20-18-7-5-4-6-17(14)18)19(22)13-8-15(23-2)10-16(9-13)24-3/h4-11,20H,12H2,1-3H3. The van der Waals surface area contributed by atoms with Crippen LogP contribution in [0.5, 0.6) is 11.5 Å². The van der Waals surface area contributed by atoms with E-state index in [0.717, 1.165) is 16.5 Å². The molecule has 0 fully saturated rings. The van der Waals surface area contributed by atoms with Gasteiger partial charge >= 0.3 is 0 Å². The summed E-state index contributed by atoms with van der Waals surface area (Å²) in [6.45, 7) is 0.516. The zero-order valence-electron chi connectivity index (χ0n) is 14.0. The van der Waals surface area contributed by atoms with Crippen molar-refractivity contribution in [2.24, 2.45) is 0 Å². The number of nitrogens with one attached hydrogen (secondary N) is 1. The molecule has 0 atom stereocenters. The van der Waals surface area contributed by atoms with Crippen LogP contribution in [0, 0.1) is 0 Å². The molecule has 5 nitrogen and oxygen atoms in total. The first-order valence-electron chi connectivity index (χ1n) is 7.66. The van der Waals surface area contributed by atoms with Crippen LogP contribution < -0.4 is 9.47 Å². The number of fused-ring (bicyclic) bond motifs is 1. The van der Waals surface area contributed by atoms with Crippen LogP contribution in [-0.4, -0.2) is 37.1 Å². The Balaban J connectivity index is 1.84. The molecule has 24 heavy (non-hydrogen) atoms. The summed E-state index contributed by atoms with van der Waals surface area (Å²) in [6, 6.07) is 13.2. The molecular weight excluding hydrogens is 304 g/mol. The molecule has 1 amide bonds. The molecule has 0 spiro atoms. The Morgan fingerprint density at radius 2 is 1.75 bits per heavy atom. The highest BCUT2D eigenvalue weighted by Crippen LogP contribution is 2.24. The number of H-pyrrole nitrogens is 1. The molecule has 0 unspecified atom stereocenters. The molecule has 1 aromatic heterocycles. The number of nitrogens with zero attached hydrogens (tertiary/aromatic N) is 1. The first-order valence-corrected chi connectivity index (χ1v) is 7.66. The van der Waals surface area contributed by atoms with Crippen molar-refractivity contribution in [2.75, 3.05) is 21.3 Å². The smallest absolute Gasteiger partial charge is 0.254 e. The van der Waals surface area contributed by atoms with Gasteiger partial charge in [-0.25, -0.2) is 0 Å². The minimum Gasteiger partial charge on any atom is -0.497 e. The molecule has 0 aliphatic rings. The van der Waals surface area contributed by atoms with E-state index in [1.807, 2.05) is 30.5 Å². The number of aromatic nitrogens is 1. The van der Waals surface area contributed by atoms with Crippen LogP contribution in [0.1, 0.15) is 15.9 Å². The zero-order valence-corrected chi connectivity index (χ0v) is 14.0. The topological polar surface area (TPSA) is 54.6 Å². The van der Waals surface area contributed by atoms with E-state index in [1.165, 1.54) is 0 Å². The van der Waals surface area contributed by atoms with Crippen LogP contribution in [0.15, 0.2) is 48.7 Å². The molecule has 0 aliphatic carbocycles. The molecule has 0 saturated carbocycles. The number of hydrogen-bond acceptors (Lipinski definition) is 3. The van der Waals surface area contributed by atoms with Crippen molar-refractivity contribution in [3.8, 4) is 11.5 Å². The van der Waals surface area contributed by atoms with Crippen LogP contribution in [0.4, 0.5) is 0 Å². The normalized spacial score (nSPS) is 10.6. The predicted molar refractivity (Wildman–Crippen MR) is 93.6 cm³/mol. The largest absolute Gasteiger partial charge is 0.497 e. The second-order valence-corrected chi connectivity index (χ2v) is 5.62. The molecule has 2 aromatic carbocycles. The lowest BCUT2D eigenvalue weighted by Crippen LogP contribution is -2.26. The number of carbonyl (C=O) groups is 1. The average Bonchev–Trinajstić information content (AvgIpc) is 3.03. The van der Waals surface area contributed by atoms with Crippen LogP contribution in [0.3, 0.4) is 0 Å². The van der Waals surface area contributed by atoms with Crippen molar-refractivity contribution in [3.05, 3.63) is 59.8 Å². The summed E-state index contributed by atoms with van der Waals surface area (Å²) in [5, 5.41) is 1.13. The third kappa shape index (κ3) is 3.06. The number of para-hydroxylation sites is 1. The Labute approximate surface area is 140 Å². The Morgan fingerprint density at radius 1 is 1.08 bits per heavy atom. The maximum atomic E-state index is 12.7. The highest BCUT2D eigenvalue weighted by molar-refractivity contribution is 5.95. The number of methoxy groups -OCH3 is 2. The summed E-state index contributed by atoms with van der Waals surface area (Å²) in [7, 11) is 4.92. The van der Waals surface area contributed by atoms with Gasteiger partial charge in [-0.1, -0.05) is 18.2 Å². The summed E-state index contributed by atoms with van der Waals surface area (Å²) < 4.78 is 10.5. The molecule has 0 aliphatic heterocycles. The van der Waals surface area contributed by atoms with E-state index in [0.29, 0.717) is 23.6 Å². The average molecular weight is 324 g/mol. The van der Waals surface area contributed by atoms with Gasteiger partial charge in [0.05, 0.1) is 14.2 Å². The van der Waals surface area contributed by atoms with Gasteiger partial charge in [-0.3, -0.25) is 4.79 Å². The lowest BCUT2D eigenvalue weighted by Gasteiger charge is -2.18. The fourth-order valence-corrected chi connectivity index (χ4v) is 2.74. The van der Waals surface area contributed by atoms with Crippen molar-refractivity contribution in [2.45, 2.75) is 6.54 Å². The molecule has 1 N–H and O–H groups in total. The van der Waals surface area contributed by atoms with E-state index in [9.17, 15) is 4.79 Å². The van der Waals surface area contributed by atoms with Gasteiger partial charge in [0.2, 0.25) is 0 Å². The van der Waals surface area contributed by atoms with Crippen molar-refractivity contribution >= 4 is 16.8 Å². The van der Waals surface area contributed by atoms with Crippen LogP contribution in [0.2, 0.25) is 0 Å². The molecule has 3 aromatic rings. The van der Waals surface area contributed by atoms with Gasteiger partial charge in [0.25, 0.3) is 5.91 Å². The van der Waals surface area contributed by atoms with Gasteiger partial charge in [0.1, 0.15) is 11.5 Å². The highest BCUT2D eigenvalue weighted by atomic mass is 16.5. The third-order valence-corrected chi connectivity index (χ3v) is 4.03. The summed E-state index contributed by atoms with van der Waals surface area (Å²) >= 11 is 0. The fraction of sp³-hybridized carbons (Fsp3) is 0.211. The fourth-order valence-electron chi connectivity index (χ4n) is 2.74. The van der Waals surface area contributed by atoms with Crippen molar-refractivity contribution < 1.29 is 14.3 Å². The number of aromatic amines is 1. The van der Waals surface area contributed by atoms with Crippen LogP contribution in [0.25, 0.3) is 10.9 Å². The molecule has 1 heterocycles. The zero-order chi connectivity index (χ0) is 17.1. The molecule has 5 heteroatoms. The molecule has 3 rings (SSSR count). The Morgan fingerprint density at radius 3 is 2.42 bits per heavy atom. The van der Waals surface area contributed by atoms with Crippen molar-refractivity contribution in [3.63, 3.8) is 0 Å². The van der Waals surface area contributed by atoms with Crippen LogP contribution >= 0.6 is 0 Å². The first kappa shape index (κ1) is 15.9. The monoisotopic (exact) mass is 324 g/mol. The summed E-state index contributed by atoms with van der Waals surface area (Å²) in [6.07, 6.45) is 1.95. The first-order chi connectivity index (χ1) is 11.6. The SMILES string of the molecule is COc1cc(OC)cc(C(=O)N(C)Cc2c[nH]c3ccccc23)c1. The van der Waals surface area contributed by atoms with Crippen molar-refractivity contribution in [1.29, 1.82) is 0 Å². The Kier molecular flexibility index (Phi) is 4.42. The van der Waals surface area contributed by atoms with Gasteiger partial charge in [-0.2, -0.15) is 0 Å².